The van der Waals surface area contributed by atoms with Crippen LogP contribution in [0.15, 0.2) is 0 Å². The molecule has 0 spiro atoms. The Morgan fingerprint density at radius 2 is 1.90 bits per heavy atom. The molecule has 3 aliphatic rings. The van der Waals surface area contributed by atoms with Crippen molar-refractivity contribution >= 4 is 11.9 Å². The molecule has 2 saturated carbocycles. The van der Waals surface area contributed by atoms with Gasteiger partial charge in [0.05, 0.1) is 19.3 Å². The van der Waals surface area contributed by atoms with Crippen molar-refractivity contribution in [3.05, 3.63) is 0 Å². The molecule has 7 heteroatoms. The highest BCUT2D eigenvalue weighted by atomic mass is 16.5. The Morgan fingerprint density at radius 1 is 1.24 bits per heavy atom. The number of hydrogen-bond acceptors (Lipinski definition) is 4. The SMILES string of the molecule is CCNC(=O)N[C@H]1CC[C@]2(C)CC[C@@H]([C@H](C)C(=O)N3CCOCC3)[C@H](O)[C@H]2[C@@H]1C. The maximum atomic E-state index is 13.0. The number of morpholine rings is 1. The van der Waals surface area contributed by atoms with E-state index in [4.69, 9.17) is 4.74 Å². The summed E-state index contributed by atoms with van der Waals surface area (Å²) in [6, 6.07) is -0.0797. The van der Waals surface area contributed by atoms with E-state index in [0.29, 0.717) is 32.8 Å². The third-order valence-corrected chi connectivity index (χ3v) is 7.90. The number of rotatable bonds is 4. The highest BCUT2D eigenvalue weighted by molar-refractivity contribution is 5.79. The van der Waals surface area contributed by atoms with E-state index in [0.717, 1.165) is 25.7 Å². The van der Waals surface area contributed by atoms with Crippen LogP contribution in [-0.4, -0.2) is 66.9 Å². The molecular formula is C22H39N3O4. The van der Waals surface area contributed by atoms with E-state index in [2.05, 4.69) is 24.5 Å². The Morgan fingerprint density at radius 3 is 2.55 bits per heavy atom. The lowest BCUT2D eigenvalue weighted by molar-refractivity contribution is -0.153. The lowest BCUT2D eigenvalue weighted by Crippen LogP contribution is -2.59. The van der Waals surface area contributed by atoms with Crippen molar-refractivity contribution in [2.24, 2.45) is 29.1 Å². The number of fused-ring (bicyclic) bond motifs is 1. The number of urea groups is 1. The first-order chi connectivity index (χ1) is 13.8. The lowest BCUT2D eigenvalue weighted by atomic mass is 9.51. The zero-order chi connectivity index (χ0) is 21.2. The fourth-order valence-electron chi connectivity index (χ4n) is 6.13. The van der Waals surface area contributed by atoms with Gasteiger partial charge in [0.25, 0.3) is 0 Å². The van der Waals surface area contributed by atoms with Gasteiger partial charge in [-0.25, -0.2) is 4.79 Å². The number of nitrogens with one attached hydrogen (secondary N) is 2. The topological polar surface area (TPSA) is 90.9 Å². The first-order valence-electron chi connectivity index (χ1n) is 11.4. The molecule has 0 bridgehead atoms. The summed E-state index contributed by atoms with van der Waals surface area (Å²) in [7, 11) is 0. The van der Waals surface area contributed by atoms with Crippen LogP contribution < -0.4 is 10.6 Å². The minimum atomic E-state index is -0.525. The van der Waals surface area contributed by atoms with E-state index in [1.54, 1.807) is 0 Å². The van der Waals surface area contributed by atoms with Crippen molar-refractivity contribution in [3.8, 4) is 0 Å². The Labute approximate surface area is 174 Å². The second kappa shape index (κ2) is 9.21. The second-order valence-electron chi connectivity index (χ2n) is 9.61. The predicted octanol–water partition coefficient (Wildman–Crippen LogP) is 1.99. The zero-order valence-corrected chi connectivity index (χ0v) is 18.4. The molecule has 0 radical (unpaired) electrons. The molecule has 3 amide bonds. The quantitative estimate of drug-likeness (QED) is 0.662. The number of nitrogens with zero attached hydrogens (tertiary/aromatic N) is 1. The molecule has 3 rings (SSSR count). The molecule has 3 fully saturated rings. The first-order valence-corrected chi connectivity index (χ1v) is 11.4. The van der Waals surface area contributed by atoms with Crippen LogP contribution in [0.2, 0.25) is 0 Å². The van der Waals surface area contributed by atoms with E-state index >= 15 is 0 Å². The summed E-state index contributed by atoms with van der Waals surface area (Å²) >= 11 is 0. The monoisotopic (exact) mass is 409 g/mol. The molecule has 7 atom stereocenters. The average Bonchev–Trinajstić information content (AvgIpc) is 2.70. The van der Waals surface area contributed by atoms with Crippen LogP contribution in [0, 0.1) is 29.1 Å². The molecule has 0 unspecified atom stereocenters. The summed E-state index contributed by atoms with van der Waals surface area (Å²) in [6.07, 6.45) is 3.31. The van der Waals surface area contributed by atoms with Gasteiger partial charge in [-0.1, -0.05) is 20.8 Å². The van der Waals surface area contributed by atoms with Crippen molar-refractivity contribution in [1.82, 2.24) is 15.5 Å². The summed E-state index contributed by atoms with van der Waals surface area (Å²) in [6.45, 7) is 11.4. The van der Waals surface area contributed by atoms with Gasteiger partial charge in [0.2, 0.25) is 5.91 Å². The van der Waals surface area contributed by atoms with Gasteiger partial charge in [0, 0.05) is 31.6 Å². The van der Waals surface area contributed by atoms with Crippen LogP contribution in [0.3, 0.4) is 0 Å². The molecule has 1 heterocycles. The molecule has 3 N–H and O–H groups in total. The first kappa shape index (κ1) is 22.3. The lowest BCUT2D eigenvalue weighted by Gasteiger charge is -2.56. The number of aliphatic hydroxyl groups excluding tert-OH is 1. The van der Waals surface area contributed by atoms with Crippen molar-refractivity contribution in [2.75, 3.05) is 32.8 Å². The number of amides is 3. The zero-order valence-electron chi connectivity index (χ0n) is 18.4. The third-order valence-electron chi connectivity index (χ3n) is 7.90. The van der Waals surface area contributed by atoms with Gasteiger partial charge in [-0.2, -0.15) is 0 Å². The summed E-state index contributed by atoms with van der Waals surface area (Å²) in [4.78, 5) is 27.0. The Hall–Kier alpha value is -1.34. The summed E-state index contributed by atoms with van der Waals surface area (Å²) in [5, 5.41) is 17.4. The Bertz CT molecular complexity index is 595. The fourth-order valence-corrected chi connectivity index (χ4v) is 6.13. The molecule has 0 aromatic rings. The van der Waals surface area contributed by atoms with Crippen LogP contribution in [0.1, 0.15) is 53.4 Å². The van der Waals surface area contributed by atoms with Gasteiger partial charge in [0.1, 0.15) is 0 Å². The minimum absolute atomic E-state index is 0.0333. The van der Waals surface area contributed by atoms with Crippen molar-refractivity contribution in [1.29, 1.82) is 0 Å². The molecule has 166 valence electrons. The van der Waals surface area contributed by atoms with Crippen molar-refractivity contribution in [2.45, 2.75) is 65.5 Å². The van der Waals surface area contributed by atoms with Gasteiger partial charge in [-0.3, -0.25) is 4.79 Å². The Balaban J connectivity index is 1.71. The third kappa shape index (κ3) is 4.55. The van der Waals surface area contributed by atoms with E-state index in [9.17, 15) is 14.7 Å². The Kier molecular flexibility index (Phi) is 7.10. The number of carbonyl (C=O) groups is 2. The molecule has 2 aliphatic carbocycles. The van der Waals surface area contributed by atoms with Crippen LogP contribution >= 0.6 is 0 Å². The highest BCUT2D eigenvalue weighted by Gasteiger charge is 2.54. The van der Waals surface area contributed by atoms with Crippen LogP contribution in [-0.2, 0) is 9.53 Å². The molecule has 1 saturated heterocycles. The normalized spacial score (nSPS) is 38.7. The summed E-state index contributed by atoms with van der Waals surface area (Å²) in [5.74, 6) is 0.161. The van der Waals surface area contributed by atoms with Crippen molar-refractivity contribution < 1.29 is 19.4 Å². The molecule has 1 aliphatic heterocycles. The van der Waals surface area contributed by atoms with Gasteiger partial charge in [-0.05, 0) is 55.8 Å². The standard InChI is InChI=1S/C22H39N3O4/c1-5-23-21(28)24-17-7-9-22(4)8-6-16(19(26)18(22)15(17)3)14(2)20(27)25-10-12-29-13-11-25/h14-19,26H,5-13H2,1-4H3,(H2,23,24,28)/t14-,15+,16-,17-,18+,19-,22-/m0/s1. The van der Waals surface area contributed by atoms with Crippen LogP contribution in [0.25, 0.3) is 0 Å². The summed E-state index contributed by atoms with van der Waals surface area (Å²) in [5.41, 5.74) is 0.0660. The predicted molar refractivity (Wildman–Crippen MR) is 111 cm³/mol. The van der Waals surface area contributed by atoms with Crippen LogP contribution in [0.4, 0.5) is 4.79 Å². The number of ether oxygens (including phenoxy) is 1. The number of carbonyl (C=O) groups excluding carboxylic acids is 2. The molecular weight excluding hydrogens is 370 g/mol. The second-order valence-corrected chi connectivity index (χ2v) is 9.61. The van der Waals surface area contributed by atoms with Crippen molar-refractivity contribution in [3.63, 3.8) is 0 Å². The van der Waals surface area contributed by atoms with Gasteiger partial charge in [0.15, 0.2) is 0 Å². The maximum absolute atomic E-state index is 13.0. The van der Waals surface area contributed by atoms with E-state index < -0.39 is 6.10 Å². The van der Waals surface area contributed by atoms with Crippen LogP contribution in [0.5, 0.6) is 0 Å². The molecule has 29 heavy (non-hydrogen) atoms. The van der Waals surface area contributed by atoms with E-state index in [-0.39, 0.29) is 47.1 Å². The van der Waals surface area contributed by atoms with E-state index in [1.165, 1.54) is 0 Å². The average molecular weight is 410 g/mol. The van der Waals surface area contributed by atoms with E-state index in [1.807, 2.05) is 18.7 Å². The summed E-state index contributed by atoms with van der Waals surface area (Å²) < 4.78 is 5.37. The van der Waals surface area contributed by atoms with Gasteiger partial charge < -0.3 is 25.4 Å². The van der Waals surface area contributed by atoms with Gasteiger partial charge in [-0.15, -0.1) is 0 Å². The highest BCUT2D eigenvalue weighted by Crippen LogP contribution is 2.55. The largest absolute Gasteiger partial charge is 0.392 e. The molecule has 0 aromatic carbocycles. The number of hydrogen-bond donors (Lipinski definition) is 3. The fraction of sp³-hybridized carbons (Fsp3) is 0.909. The maximum Gasteiger partial charge on any atom is 0.315 e. The minimum Gasteiger partial charge on any atom is -0.392 e. The van der Waals surface area contributed by atoms with Gasteiger partial charge >= 0.3 is 6.03 Å². The molecule has 0 aromatic heterocycles. The number of aliphatic hydroxyl groups is 1. The molecule has 7 nitrogen and oxygen atoms in total. The smallest absolute Gasteiger partial charge is 0.315 e.